The standard InChI is InChI=1S/C29H27ClN4O5/c1-36-21-11-5-17(6-12-21)23-15-24(18-13-25(37-2)27(39-4)26(14-18)38-3)34-28(33-23)22(16-31-34)29(35)32-20-9-7-19(30)8-10-20/h5-16,24,33H,1-4H3,(H,32,35). The summed E-state index contributed by atoms with van der Waals surface area (Å²) in [4.78, 5) is 13.4. The first-order valence-electron chi connectivity index (χ1n) is 12.0. The van der Waals surface area contributed by atoms with Gasteiger partial charge < -0.3 is 29.6 Å². The Bertz CT molecular complexity index is 1510. The summed E-state index contributed by atoms with van der Waals surface area (Å²) in [6, 6.07) is 17.9. The fourth-order valence-electron chi connectivity index (χ4n) is 4.44. The summed E-state index contributed by atoms with van der Waals surface area (Å²) in [6.45, 7) is 0. The average Bonchev–Trinajstić information content (AvgIpc) is 3.41. The van der Waals surface area contributed by atoms with Gasteiger partial charge in [0.05, 0.1) is 40.7 Å². The van der Waals surface area contributed by atoms with Crippen molar-refractivity contribution >= 4 is 34.7 Å². The molecule has 2 N–H and O–H groups in total. The SMILES string of the molecule is COc1ccc(C2=CC(c3cc(OC)c(OC)c(OC)c3)n3ncc(C(=O)Nc4ccc(Cl)cc4)c3N2)cc1. The van der Waals surface area contributed by atoms with E-state index in [1.54, 1.807) is 63.6 Å². The molecule has 10 heteroatoms. The van der Waals surface area contributed by atoms with E-state index in [9.17, 15) is 4.79 Å². The minimum Gasteiger partial charge on any atom is -0.497 e. The summed E-state index contributed by atoms with van der Waals surface area (Å²) >= 11 is 6.00. The summed E-state index contributed by atoms with van der Waals surface area (Å²) in [5.74, 6) is 2.47. The van der Waals surface area contributed by atoms with Crippen LogP contribution in [0, 0.1) is 0 Å². The van der Waals surface area contributed by atoms with Gasteiger partial charge in [-0.2, -0.15) is 5.10 Å². The van der Waals surface area contributed by atoms with Crippen molar-refractivity contribution in [1.82, 2.24) is 9.78 Å². The second-order valence-electron chi connectivity index (χ2n) is 8.65. The number of nitrogens with one attached hydrogen (secondary N) is 2. The van der Waals surface area contributed by atoms with Crippen LogP contribution in [0.25, 0.3) is 5.70 Å². The molecule has 2 heterocycles. The molecular formula is C29H27ClN4O5. The highest BCUT2D eigenvalue weighted by Gasteiger charge is 2.29. The van der Waals surface area contributed by atoms with E-state index in [0.29, 0.717) is 39.3 Å². The Morgan fingerprint density at radius 2 is 1.59 bits per heavy atom. The number of hydrogen-bond donors (Lipinski definition) is 2. The number of rotatable bonds is 8. The molecule has 5 rings (SSSR count). The molecule has 0 spiro atoms. The van der Waals surface area contributed by atoms with Crippen LogP contribution in [0.2, 0.25) is 5.02 Å². The van der Waals surface area contributed by atoms with Crippen LogP contribution < -0.4 is 29.6 Å². The topological polar surface area (TPSA) is 95.9 Å². The summed E-state index contributed by atoms with van der Waals surface area (Å²) in [5.41, 5.74) is 3.52. The Labute approximate surface area is 230 Å². The van der Waals surface area contributed by atoms with Crippen molar-refractivity contribution in [2.75, 3.05) is 39.1 Å². The zero-order valence-corrected chi connectivity index (χ0v) is 22.6. The van der Waals surface area contributed by atoms with Crippen molar-refractivity contribution in [3.63, 3.8) is 0 Å². The molecule has 9 nitrogen and oxygen atoms in total. The van der Waals surface area contributed by atoms with Gasteiger partial charge in [-0.05, 0) is 77.9 Å². The highest BCUT2D eigenvalue weighted by molar-refractivity contribution is 6.30. The third-order valence-corrected chi connectivity index (χ3v) is 6.66. The summed E-state index contributed by atoms with van der Waals surface area (Å²) in [6.07, 6.45) is 3.58. The molecule has 1 aliphatic heterocycles. The van der Waals surface area contributed by atoms with Crippen LogP contribution in [0.4, 0.5) is 11.5 Å². The number of aromatic nitrogens is 2. The number of carbonyl (C=O) groups is 1. The Kier molecular flexibility index (Phi) is 7.33. The fraction of sp³-hybridized carbons (Fsp3) is 0.172. The van der Waals surface area contributed by atoms with Crippen molar-refractivity contribution in [3.8, 4) is 23.0 Å². The maximum Gasteiger partial charge on any atom is 0.261 e. The molecule has 0 saturated carbocycles. The van der Waals surface area contributed by atoms with Crippen LogP contribution >= 0.6 is 11.6 Å². The van der Waals surface area contributed by atoms with Gasteiger partial charge >= 0.3 is 0 Å². The molecule has 1 atom stereocenters. The Morgan fingerprint density at radius 1 is 0.923 bits per heavy atom. The Hall–Kier alpha value is -4.63. The summed E-state index contributed by atoms with van der Waals surface area (Å²) < 4.78 is 23.8. The number of fused-ring (bicyclic) bond motifs is 1. The Morgan fingerprint density at radius 3 is 2.18 bits per heavy atom. The number of halogens is 1. The number of carbonyl (C=O) groups excluding carboxylic acids is 1. The summed E-state index contributed by atoms with van der Waals surface area (Å²) in [7, 11) is 6.32. The fourth-order valence-corrected chi connectivity index (χ4v) is 4.57. The quantitative estimate of drug-likeness (QED) is 0.285. The van der Waals surface area contributed by atoms with Crippen LogP contribution in [0.5, 0.6) is 23.0 Å². The monoisotopic (exact) mass is 546 g/mol. The second-order valence-corrected chi connectivity index (χ2v) is 9.09. The van der Waals surface area contributed by atoms with Crippen LogP contribution in [-0.4, -0.2) is 44.1 Å². The molecule has 3 aromatic carbocycles. The number of benzene rings is 3. The van der Waals surface area contributed by atoms with Gasteiger partial charge in [0.1, 0.15) is 17.1 Å². The first-order valence-corrected chi connectivity index (χ1v) is 12.4. The smallest absolute Gasteiger partial charge is 0.261 e. The minimum absolute atomic E-state index is 0.314. The lowest BCUT2D eigenvalue weighted by atomic mass is 10.00. The van der Waals surface area contributed by atoms with Crippen molar-refractivity contribution in [2.24, 2.45) is 0 Å². The van der Waals surface area contributed by atoms with Gasteiger partial charge in [0.2, 0.25) is 5.75 Å². The van der Waals surface area contributed by atoms with Crippen molar-refractivity contribution in [2.45, 2.75) is 6.04 Å². The molecule has 1 aliphatic rings. The van der Waals surface area contributed by atoms with Gasteiger partial charge in [0, 0.05) is 16.4 Å². The van der Waals surface area contributed by atoms with Crippen LogP contribution in [0.15, 0.2) is 72.9 Å². The second kappa shape index (κ2) is 11.0. The van der Waals surface area contributed by atoms with Gasteiger partial charge in [0.25, 0.3) is 5.91 Å². The number of amides is 1. The average molecular weight is 547 g/mol. The van der Waals surface area contributed by atoms with Crippen molar-refractivity contribution in [3.05, 3.63) is 94.6 Å². The molecule has 0 radical (unpaired) electrons. The lowest BCUT2D eigenvalue weighted by Gasteiger charge is -2.27. The van der Waals surface area contributed by atoms with Gasteiger partial charge in [0.15, 0.2) is 11.5 Å². The number of hydrogen-bond acceptors (Lipinski definition) is 7. The van der Waals surface area contributed by atoms with Gasteiger partial charge in [-0.1, -0.05) is 11.6 Å². The van der Waals surface area contributed by atoms with E-state index in [2.05, 4.69) is 15.7 Å². The van der Waals surface area contributed by atoms with Crippen molar-refractivity contribution in [1.29, 1.82) is 0 Å². The molecular weight excluding hydrogens is 520 g/mol. The normalized spacial score (nSPS) is 14.0. The molecule has 1 aromatic heterocycles. The lowest BCUT2D eigenvalue weighted by Crippen LogP contribution is -2.22. The zero-order valence-electron chi connectivity index (χ0n) is 21.8. The molecule has 4 aromatic rings. The van der Waals surface area contributed by atoms with E-state index in [4.69, 9.17) is 30.5 Å². The van der Waals surface area contributed by atoms with Crippen molar-refractivity contribution < 1.29 is 23.7 Å². The minimum atomic E-state index is -0.399. The maximum atomic E-state index is 13.4. The van der Waals surface area contributed by atoms with Crippen LogP contribution in [0.3, 0.4) is 0 Å². The molecule has 200 valence electrons. The van der Waals surface area contributed by atoms with Gasteiger partial charge in [-0.25, -0.2) is 4.68 Å². The third-order valence-electron chi connectivity index (χ3n) is 6.41. The third kappa shape index (κ3) is 5.08. The highest BCUT2D eigenvalue weighted by atomic mass is 35.5. The predicted octanol–water partition coefficient (Wildman–Crippen LogP) is 5.88. The summed E-state index contributed by atoms with van der Waals surface area (Å²) in [5, 5.41) is 11.5. The highest BCUT2D eigenvalue weighted by Crippen LogP contribution is 2.43. The first-order chi connectivity index (χ1) is 18.9. The van der Waals surface area contributed by atoms with E-state index >= 15 is 0 Å². The van der Waals surface area contributed by atoms with E-state index in [1.807, 2.05) is 42.5 Å². The van der Waals surface area contributed by atoms with Gasteiger partial charge in [-0.15, -0.1) is 0 Å². The first kappa shape index (κ1) is 26.0. The van der Waals surface area contributed by atoms with E-state index in [0.717, 1.165) is 22.6 Å². The zero-order chi connectivity index (χ0) is 27.5. The lowest BCUT2D eigenvalue weighted by molar-refractivity contribution is 0.102. The largest absolute Gasteiger partial charge is 0.497 e. The molecule has 0 fully saturated rings. The van der Waals surface area contributed by atoms with E-state index in [-0.39, 0.29) is 5.91 Å². The number of anilines is 2. The number of allylic oxidation sites excluding steroid dienone is 1. The molecule has 1 amide bonds. The Balaban J connectivity index is 1.60. The van der Waals surface area contributed by atoms with Crippen LogP contribution in [-0.2, 0) is 0 Å². The molecule has 1 unspecified atom stereocenters. The number of nitrogens with zero attached hydrogens (tertiary/aromatic N) is 2. The van der Waals surface area contributed by atoms with E-state index in [1.165, 1.54) is 0 Å². The molecule has 39 heavy (non-hydrogen) atoms. The predicted molar refractivity (Wildman–Crippen MR) is 150 cm³/mol. The van der Waals surface area contributed by atoms with Gasteiger partial charge in [-0.3, -0.25) is 4.79 Å². The number of methoxy groups -OCH3 is 4. The van der Waals surface area contributed by atoms with E-state index < -0.39 is 6.04 Å². The maximum absolute atomic E-state index is 13.4. The molecule has 0 aliphatic carbocycles. The molecule has 0 bridgehead atoms. The van der Waals surface area contributed by atoms with Crippen LogP contribution in [0.1, 0.15) is 27.5 Å². The number of ether oxygens (including phenoxy) is 4. The molecule has 0 saturated heterocycles.